The molecule has 2 aromatic rings. The molecule has 2 aliphatic rings. The molecular weight excluding hydrogens is 390 g/mol. The number of likely N-dealkylation sites (tertiary alicyclic amines) is 1. The molecule has 2 aliphatic heterocycles. The summed E-state index contributed by atoms with van der Waals surface area (Å²) >= 11 is 0. The number of fused-ring (bicyclic) bond motifs is 1. The zero-order valence-corrected chi connectivity index (χ0v) is 15.5. The van der Waals surface area contributed by atoms with Crippen LogP contribution in [0.25, 0.3) is 0 Å². The first-order valence-electron chi connectivity index (χ1n) is 9.36. The summed E-state index contributed by atoms with van der Waals surface area (Å²) in [6.45, 7) is 0.939. The fraction of sp³-hybridized carbons (Fsp3) is 0.381. The Bertz CT molecular complexity index is 921. The Morgan fingerprint density at radius 2 is 1.76 bits per heavy atom. The molecule has 4 nitrogen and oxygen atoms in total. The van der Waals surface area contributed by atoms with Gasteiger partial charge < -0.3 is 14.4 Å². The lowest BCUT2D eigenvalue weighted by atomic mass is 9.89. The van der Waals surface area contributed by atoms with Crippen LogP contribution in [-0.2, 0) is 12.6 Å². The second kappa shape index (κ2) is 7.57. The quantitative estimate of drug-likeness (QED) is 0.692. The van der Waals surface area contributed by atoms with Gasteiger partial charge in [-0.3, -0.25) is 4.79 Å². The topological polar surface area (TPSA) is 38.8 Å². The fourth-order valence-corrected chi connectivity index (χ4v) is 3.85. The summed E-state index contributed by atoms with van der Waals surface area (Å²) in [6, 6.07) is 7.95. The Labute approximate surface area is 165 Å². The molecule has 0 atom stereocenters. The molecule has 2 aromatic carbocycles. The predicted molar refractivity (Wildman–Crippen MR) is 96.3 cm³/mol. The lowest BCUT2D eigenvalue weighted by Crippen LogP contribution is -2.39. The van der Waals surface area contributed by atoms with Crippen LogP contribution in [0.2, 0.25) is 0 Å². The summed E-state index contributed by atoms with van der Waals surface area (Å²) in [7, 11) is 0. The number of hydrogen-bond donors (Lipinski definition) is 0. The monoisotopic (exact) mass is 409 g/mol. The van der Waals surface area contributed by atoms with E-state index < -0.39 is 29.0 Å². The molecule has 0 saturated carbocycles. The number of rotatable bonds is 3. The summed E-state index contributed by atoms with van der Waals surface area (Å²) in [5.41, 5.74) is -0.643. The van der Waals surface area contributed by atoms with Crippen molar-refractivity contribution in [3.05, 3.63) is 58.9 Å². The fourth-order valence-electron chi connectivity index (χ4n) is 3.85. The number of carbonyl (C=O) groups excluding carboxylic acids is 1. The summed E-state index contributed by atoms with van der Waals surface area (Å²) in [6.07, 6.45) is -2.63. The molecule has 2 heterocycles. The Hall–Kier alpha value is -2.77. The number of halogens is 4. The number of carbonyl (C=O) groups is 1. The predicted octanol–water partition coefficient (Wildman–Crippen LogP) is 4.67. The van der Waals surface area contributed by atoms with Crippen LogP contribution in [0.5, 0.6) is 11.5 Å². The molecule has 0 spiro atoms. The van der Waals surface area contributed by atoms with Crippen molar-refractivity contribution in [3.63, 3.8) is 0 Å². The SMILES string of the molecule is O=C(c1ccc(F)cc1C(F)(F)F)N1CCC(Cc2ccc3c(c2)OCO3)CC1. The number of piperidine rings is 1. The first-order valence-corrected chi connectivity index (χ1v) is 9.36. The average molecular weight is 409 g/mol. The number of alkyl halides is 3. The first-order chi connectivity index (χ1) is 13.8. The Kier molecular flexibility index (Phi) is 5.10. The number of amides is 1. The summed E-state index contributed by atoms with van der Waals surface area (Å²) in [5.74, 6) is 0.0184. The maximum atomic E-state index is 13.3. The van der Waals surface area contributed by atoms with Gasteiger partial charge >= 0.3 is 6.18 Å². The summed E-state index contributed by atoms with van der Waals surface area (Å²) in [5, 5.41) is 0. The van der Waals surface area contributed by atoms with Gasteiger partial charge in [0.15, 0.2) is 11.5 Å². The van der Waals surface area contributed by atoms with Gasteiger partial charge in [0.25, 0.3) is 5.91 Å². The third kappa shape index (κ3) is 4.16. The van der Waals surface area contributed by atoms with E-state index in [4.69, 9.17) is 9.47 Å². The highest BCUT2D eigenvalue weighted by atomic mass is 19.4. The van der Waals surface area contributed by atoms with Crippen molar-refractivity contribution in [1.82, 2.24) is 4.90 Å². The van der Waals surface area contributed by atoms with Crippen LogP contribution in [0.15, 0.2) is 36.4 Å². The maximum absolute atomic E-state index is 13.3. The Morgan fingerprint density at radius 3 is 2.48 bits per heavy atom. The van der Waals surface area contributed by atoms with Crippen LogP contribution in [0.1, 0.15) is 34.3 Å². The molecule has 0 bridgehead atoms. The molecule has 154 valence electrons. The van der Waals surface area contributed by atoms with E-state index in [2.05, 4.69) is 0 Å². The van der Waals surface area contributed by atoms with E-state index in [1.165, 1.54) is 4.90 Å². The lowest BCUT2D eigenvalue weighted by Gasteiger charge is -2.32. The van der Waals surface area contributed by atoms with Crippen LogP contribution >= 0.6 is 0 Å². The largest absolute Gasteiger partial charge is 0.454 e. The molecule has 0 aliphatic carbocycles. The van der Waals surface area contributed by atoms with Gasteiger partial charge in [0.05, 0.1) is 11.1 Å². The first kappa shape index (κ1) is 19.5. The van der Waals surface area contributed by atoms with E-state index in [9.17, 15) is 22.4 Å². The maximum Gasteiger partial charge on any atom is 0.417 e. The molecule has 0 radical (unpaired) electrons. The minimum atomic E-state index is -4.79. The van der Waals surface area contributed by atoms with E-state index in [-0.39, 0.29) is 6.79 Å². The zero-order valence-electron chi connectivity index (χ0n) is 15.5. The van der Waals surface area contributed by atoms with Gasteiger partial charge in [-0.1, -0.05) is 6.07 Å². The van der Waals surface area contributed by atoms with E-state index in [1.807, 2.05) is 18.2 Å². The number of benzene rings is 2. The molecule has 29 heavy (non-hydrogen) atoms. The molecule has 0 unspecified atom stereocenters. The third-order valence-electron chi connectivity index (χ3n) is 5.38. The molecule has 1 fully saturated rings. The highest BCUT2D eigenvalue weighted by molar-refractivity contribution is 5.96. The zero-order chi connectivity index (χ0) is 20.6. The normalized spacial score (nSPS) is 16.9. The Morgan fingerprint density at radius 1 is 1.03 bits per heavy atom. The smallest absolute Gasteiger partial charge is 0.417 e. The van der Waals surface area contributed by atoms with Crippen molar-refractivity contribution >= 4 is 5.91 Å². The van der Waals surface area contributed by atoms with E-state index >= 15 is 0 Å². The molecular formula is C21H19F4NO3. The molecule has 1 amide bonds. The molecule has 1 saturated heterocycles. The summed E-state index contributed by atoms with van der Waals surface area (Å²) in [4.78, 5) is 14.1. The minimum Gasteiger partial charge on any atom is -0.454 e. The van der Waals surface area contributed by atoms with E-state index in [0.29, 0.717) is 49.4 Å². The van der Waals surface area contributed by atoms with Crippen LogP contribution < -0.4 is 9.47 Å². The third-order valence-corrected chi connectivity index (χ3v) is 5.38. The molecule has 0 N–H and O–H groups in total. The van der Waals surface area contributed by atoms with Crippen molar-refractivity contribution < 1.29 is 31.8 Å². The highest BCUT2D eigenvalue weighted by Crippen LogP contribution is 2.35. The van der Waals surface area contributed by atoms with Gasteiger partial charge in [-0.15, -0.1) is 0 Å². The second-order valence-electron chi connectivity index (χ2n) is 7.31. The standard InChI is InChI=1S/C21H19F4NO3/c22-15-2-3-16(17(11-15)21(23,24)25)20(27)26-7-5-13(6-8-26)9-14-1-4-18-19(10-14)29-12-28-18/h1-4,10-11,13H,5-9,12H2. The van der Waals surface area contributed by atoms with Crippen LogP contribution in [-0.4, -0.2) is 30.7 Å². The van der Waals surface area contributed by atoms with Gasteiger partial charge in [0.1, 0.15) is 5.82 Å². The minimum absolute atomic E-state index is 0.211. The van der Waals surface area contributed by atoms with E-state index in [1.54, 1.807) is 0 Å². The average Bonchev–Trinajstić information content (AvgIpc) is 3.15. The molecule has 0 aromatic heterocycles. The van der Waals surface area contributed by atoms with Crippen LogP contribution in [0.4, 0.5) is 17.6 Å². The van der Waals surface area contributed by atoms with Crippen molar-refractivity contribution in [2.24, 2.45) is 5.92 Å². The van der Waals surface area contributed by atoms with Crippen LogP contribution in [0.3, 0.4) is 0 Å². The Balaban J connectivity index is 1.40. The number of nitrogens with zero attached hydrogens (tertiary/aromatic N) is 1. The van der Waals surface area contributed by atoms with Crippen molar-refractivity contribution in [3.8, 4) is 11.5 Å². The van der Waals surface area contributed by atoms with Crippen molar-refractivity contribution in [2.45, 2.75) is 25.4 Å². The molecule has 8 heteroatoms. The second-order valence-corrected chi connectivity index (χ2v) is 7.31. The van der Waals surface area contributed by atoms with Gasteiger partial charge in [-0.25, -0.2) is 4.39 Å². The van der Waals surface area contributed by atoms with E-state index in [0.717, 1.165) is 24.1 Å². The van der Waals surface area contributed by atoms with Crippen molar-refractivity contribution in [1.29, 1.82) is 0 Å². The number of hydrogen-bond acceptors (Lipinski definition) is 3. The van der Waals surface area contributed by atoms with Gasteiger partial charge in [0.2, 0.25) is 6.79 Å². The van der Waals surface area contributed by atoms with Gasteiger partial charge in [-0.2, -0.15) is 13.2 Å². The van der Waals surface area contributed by atoms with Crippen molar-refractivity contribution in [2.75, 3.05) is 19.9 Å². The van der Waals surface area contributed by atoms with Crippen LogP contribution in [0, 0.1) is 11.7 Å². The number of ether oxygens (including phenoxy) is 2. The van der Waals surface area contributed by atoms with Gasteiger partial charge in [-0.05, 0) is 61.1 Å². The van der Waals surface area contributed by atoms with Gasteiger partial charge in [0, 0.05) is 13.1 Å². The highest BCUT2D eigenvalue weighted by Gasteiger charge is 2.37. The molecule has 4 rings (SSSR count). The lowest BCUT2D eigenvalue weighted by molar-refractivity contribution is -0.138. The summed E-state index contributed by atoms with van der Waals surface area (Å²) < 4.78 is 63.6.